The largest absolute Gasteiger partial charge is 0.377 e. The van der Waals surface area contributed by atoms with E-state index in [9.17, 15) is 29.2 Å². The molecule has 3 N–H and O–H groups in total. The lowest BCUT2D eigenvalue weighted by molar-refractivity contribution is -0.133. The molecule has 56 heavy (non-hydrogen) atoms. The molecule has 3 atom stereocenters. The lowest BCUT2D eigenvalue weighted by Crippen LogP contribution is -2.58. The number of carbonyl (C=O) groups excluding carboxylic acids is 5. The van der Waals surface area contributed by atoms with Gasteiger partial charge in [0.15, 0.2) is 0 Å². The summed E-state index contributed by atoms with van der Waals surface area (Å²) in [4.78, 5) is 70.7. The molecule has 14 nitrogen and oxygen atoms in total. The number of nitrogens with zero attached hydrogens (tertiary/aromatic N) is 5. The van der Waals surface area contributed by atoms with Gasteiger partial charge in [0.05, 0.1) is 29.8 Å². The summed E-state index contributed by atoms with van der Waals surface area (Å²) in [5.74, 6) is -1.01. The number of hydrogen-bond acceptors (Lipinski definition) is 11. The van der Waals surface area contributed by atoms with Gasteiger partial charge in [0.25, 0.3) is 5.91 Å². The molecule has 3 heterocycles. The molecule has 0 radical (unpaired) electrons. The molecule has 0 aromatic heterocycles. The van der Waals surface area contributed by atoms with Crippen LogP contribution in [0.25, 0.3) is 0 Å². The third-order valence-electron chi connectivity index (χ3n) is 10.9. The number of halogens is 2. The van der Waals surface area contributed by atoms with E-state index in [0.717, 1.165) is 57.3 Å². The van der Waals surface area contributed by atoms with Gasteiger partial charge >= 0.3 is 6.03 Å². The maximum atomic E-state index is 13.6. The fraction of sp³-hybridized carbons (Fsp3) is 0.538. The van der Waals surface area contributed by atoms with Gasteiger partial charge < -0.3 is 20.3 Å². The predicted molar refractivity (Wildman–Crippen MR) is 216 cm³/mol. The van der Waals surface area contributed by atoms with Crippen LogP contribution >= 0.6 is 36.0 Å². The zero-order chi connectivity index (χ0) is 39.4. The average molecular weight is 830 g/mol. The van der Waals surface area contributed by atoms with E-state index in [2.05, 4.69) is 39.6 Å². The van der Waals surface area contributed by atoms with Gasteiger partial charge in [-0.15, -0.1) is 12.4 Å². The van der Waals surface area contributed by atoms with Crippen LogP contribution in [-0.4, -0.2) is 117 Å². The number of benzene rings is 2. The Labute approximate surface area is 343 Å². The van der Waals surface area contributed by atoms with E-state index in [4.69, 9.17) is 16.3 Å². The monoisotopic (exact) mass is 828 g/mol. The van der Waals surface area contributed by atoms with Gasteiger partial charge in [0.1, 0.15) is 17.6 Å². The summed E-state index contributed by atoms with van der Waals surface area (Å²) in [5, 5.41) is 17.9. The van der Waals surface area contributed by atoms with Gasteiger partial charge in [-0.1, -0.05) is 17.7 Å². The highest BCUT2D eigenvalue weighted by Crippen LogP contribution is 2.41. The lowest BCUT2D eigenvalue weighted by Gasteiger charge is -2.44. The van der Waals surface area contributed by atoms with Gasteiger partial charge in [-0.2, -0.15) is 9.57 Å². The number of urea groups is 1. The molecular formula is C39H50Cl2N8O6S. The number of piperazine rings is 1. The maximum absolute atomic E-state index is 13.6. The van der Waals surface area contributed by atoms with Crippen LogP contribution in [0.1, 0.15) is 71.8 Å². The predicted octanol–water partition coefficient (Wildman–Crippen LogP) is 5.26. The molecule has 0 bridgehead atoms. The minimum atomic E-state index is -0.989. The summed E-state index contributed by atoms with van der Waals surface area (Å²) in [6, 6.07) is 13.5. The first kappa shape index (κ1) is 43.2. The van der Waals surface area contributed by atoms with E-state index in [1.165, 1.54) is 4.31 Å². The fourth-order valence-electron chi connectivity index (χ4n) is 8.08. The number of rotatable bonds is 12. The minimum absolute atomic E-state index is 0. The SMILES string of the molecule is C[C@@H]1CN(CCOC2CCC(N3C(=O)N(Sc4ccc(C#N)c(Cl)c4)C(=O)C3(C)C)CC2)C[C@H](C)N1CC(=O)Nc1cccc(NC2CCC(=O)NC2=O)c1.Cl. The van der Waals surface area contributed by atoms with Gasteiger partial charge in [-0.3, -0.25) is 34.3 Å². The molecule has 1 unspecified atom stereocenters. The number of amides is 6. The standard InChI is InChI=1S/C39H49ClN8O6S.ClH/c1-24-21-45(22-25(2)46(24)23-35(50)43-28-7-5-6-27(18-28)42-33-14-15-34(49)44-36(33)51)16-17-54-30-11-9-29(10-12-30)47-38(53)48(37(52)39(47,3)4)55-31-13-8-26(20-41)32(40)19-31;/h5-8,13,18-19,24-25,29-30,33,42H,9-12,14-17,21-23H2,1-4H3,(H,43,50)(H,44,49,51);1H/t24-,25+,29?,30?,33?;. The van der Waals surface area contributed by atoms with Crippen molar-refractivity contribution in [2.24, 2.45) is 0 Å². The van der Waals surface area contributed by atoms with Crippen molar-refractivity contribution in [3.63, 3.8) is 0 Å². The fourth-order valence-corrected chi connectivity index (χ4v) is 9.35. The van der Waals surface area contributed by atoms with Crippen LogP contribution in [0, 0.1) is 11.3 Å². The van der Waals surface area contributed by atoms with Crippen molar-refractivity contribution in [2.75, 3.05) is 43.4 Å². The summed E-state index contributed by atoms with van der Waals surface area (Å²) in [7, 11) is 0. The highest BCUT2D eigenvalue weighted by Gasteiger charge is 2.54. The van der Waals surface area contributed by atoms with E-state index >= 15 is 0 Å². The number of piperidine rings is 1. The zero-order valence-electron chi connectivity index (χ0n) is 32.1. The van der Waals surface area contributed by atoms with Crippen molar-refractivity contribution < 1.29 is 28.7 Å². The van der Waals surface area contributed by atoms with Crippen LogP contribution in [-0.2, 0) is 23.9 Å². The van der Waals surface area contributed by atoms with Crippen LogP contribution in [0.3, 0.4) is 0 Å². The number of carbonyl (C=O) groups is 5. The van der Waals surface area contributed by atoms with E-state index < -0.39 is 11.6 Å². The normalized spacial score (nSPS) is 25.7. The Kier molecular flexibility index (Phi) is 14.3. The average Bonchev–Trinajstić information content (AvgIpc) is 3.30. The van der Waals surface area contributed by atoms with E-state index in [1.807, 2.05) is 24.3 Å². The molecule has 4 fully saturated rings. The first-order chi connectivity index (χ1) is 26.2. The van der Waals surface area contributed by atoms with E-state index in [1.54, 1.807) is 43.0 Å². The van der Waals surface area contributed by atoms with Crippen molar-refractivity contribution in [3.8, 4) is 6.07 Å². The van der Waals surface area contributed by atoms with Crippen LogP contribution in [0.15, 0.2) is 47.4 Å². The molecule has 0 spiro atoms. The summed E-state index contributed by atoms with van der Waals surface area (Å²) < 4.78 is 7.55. The molecule has 6 rings (SSSR count). The number of nitrogens with one attached hydrogen (secondary N) is 3. The van der Waals surface area contributed by atoms with Crippen LogP contribution in [0.5, 0.6) is 0 Å². The van der Waals surface area contributed by atoms with Crippen LogP contribution in [0.4, 0.5) is 16.2 Å². The highest BCUT2D eigenvalue weighted by molar-refractivity contribution is 7.98. The summed E-state index contributed by atoms with van der Waals surface area (Å²) >= 11 is 7.23. The van der Waals surface area contributed by atoms with Crippen LogP contribution in [0.2, 0.25) is 5.02 Å². The Bertz CT molecular complexity index is 1840. The lowest BCUT2D eigenvalue weighted by atomic mass is 9.89. The van der Waals surface area contributed by atoms with Crippen molar-refractivity contribution >= 4 is 77.0 Å². The molecule has 4 aliphatic rings. The second kappa shape index (κ2) is 18.6. The molecule has 1 aliphatic carbocycles. The summed E-state index contributed by atoms with van der Waals surface area (Å²) in [6.45, 7) is 11.1. The van der Waals surface area contributed by atoms with Crippen molar-refractivity contribution in [1.82, 2.24) is 24.3 Å². The van der Waals surface area contributed by atoms with Crippen molar-refractivity contribution in [2.45, 2.75) is 107 Å². The number of ether oxygens (including phenoxy) is 1. The first-order valence-electron chi connectivity index (χ1n) is 18.9. The smallest absolute Gasteiger partial charge is 0.338 e. The molecule has 1 saturated carbocycles. The third-order valence-corrected chi connectivity index (χ3v) is 12.2. The quantitative estimate of drug-likeness (QED) is 0.145. The Morgan fingerprint density at radius 2 is 1.71 bits per heavy atom. The topological polar surface area (TPSA) is 167 Å². The number of imide groups is 2. The second-order valence-corrected chi connectivity index (χ2v) is 16.8. The second-order valence-electron chi connectivity index (χ2n) is 15.4. The molecular weight excluding hydrogens is 779 g/mol. The Morgan fingerprint density at radius 3 is 2.38 bits per heavy atom. The van der Waals surface area contributed by atoms with Crippen LogP contribution < -0.4 is 16.0 Å². The molecule has 2 aromatic carbocycles. The Balaban J connectivity index is 0.00000600. The summed E-state index contributed by atoms with van der Waals surface area (Å²) in [5.41, 5.74) is 0.661. The molecule has 3 aliphatic heterocycles. The molecule has 17 heteroatoms. The molecule has 2 aromatic rings. The molecule has 302 valence electrons. The van der Waals surface area contributed by atoms with E-state index in [0.29, 0.717) is 34.9 Å². The third kappa shape index (κ3) is 9.96. The number of hydrogen-bond donors (Lipinski definition) is 3. The number of nitriles is 1. The Morgan fingerprint density at radius 1 is 1.02 bits per heavy atom. The zero-order valence-corrected chi connectivity index (χ0v) is 34.5. The van der Waals surface area contributed by atoms with Gasteiger partial charge in [-0.05, 0) is 108 Å². The van der Waals surface area contributed by atoms with Gasteiger partial charge in [-0.25, -0.2) is 4.79 Å². The minimum Gasteiger partial charge on any atom is -0.377 e. The molecule has 3 saturated heterocycles. The maximum Gasteiger partial charge on any atom is 0.338 e. The van der Waals surface area contributed by atoms with E-state index in [-0.39, 0.29) is 84.3 Å². The van der Waals surface area contributed by atoms with Crippen molar-refractivity contribution in [3.05, 3.63) is 53.1 Å². The summed E-state index contributed by atoms with van der Waals surface area (Å²) in [6.07, 6.45) is 3.85. The van der Waals surface area contributed by atoms with Crippen molar-refractivity contribution in [1.29, 1.82) is 5.26 Å². The van der Waals surface area contributed by atoms with Gasteiger partial charge in [0.2, 0.25) is 17.7 Å². The Hall–Kier alpha value is -3.91. The number of anilines is 2. The highest BCUT2D eigenvalue weighted by atomic mass is 35.5. The molecule has 6 amide bonds. The van der Waals surface area contributed by atoms with Gasteiger partial charge in [0, 0.05) is 60.5 Å². The first-order valence-corrected chi connectivity index (χ1v) is 20.0.